The van der Waals surface area contributed by atoms with E-state index in [2.05, 4.69) is 43.1 Å². The summed E-state index contributed by atoms with van der Waals surface area (Å²) < 4.78 is 0. The Balaban J connectivity index is 2.94. The Morgan fingerprint density at radius 3 is 2.54 bits per heavy atom. The van der Waals surface area contributed by atoms with Crippen molar-refractivity contribution in [2.45, 2.75) is 20.8 Å². The van der Waals surface area contributed by atoms with Crippen LogP contribution in [0.15, 0.2) is 24.3 Å². The van der Waals surface area contributed by atoms with Crippen LogP contribution in [0.1, 0.15) is 16.8 Å². The zero-order chi connectivity index (χ0) is 9.42. The van der Waals surface area contributed by atoms with Gasteiger partial charge in [0.2, 0.25) is 0 Å². The van der Waals surface area contributed by atoms with Gasteiger partial charge in [-0.25, -0.2) is 0 Å². The summed E-state index contributed by atoms with van der Waals surface area (Å²) in [7, 11) is 0. The van der Waals surface area contributed by atoms with E-state index in [0.717, 1.165) is 11.2 Å². The molecule has 1 nitrogen and oxygen atoms in total. The van der Waals surface area contributed by atoms with Crippen molar-refractivity contribution in [2.24, 2.45) is 0 Å². The average Bonchev–Trinajstić information content (AvgIpc) is 2.07. The second kappa shape index (κ2) is 2.84. The van der Waals surface area contributed by atoms with Crippen LogP contribution in [0.5, 0.6) is 0 Å². The first-order valence-electron chi connectivity index (χ1n) is 4.52. The molecule has 2 rings (SSSR count). The van der Waals surface area contributed by atoms with E-state index in [1.807, 2.05) is 6.92 Å². The number of fused-ring (bicyclic) bond motifs is 1. The lowest BCUT2D eigenvalue weighted by molar-refractivity contribution is 1.22. The Kier molecular flexibility index (Phi) is 1.80. The minimum Gasteiger partial charge on any atom is -0.253 e. The molecule has 1 heteroatoms. The lowest BCUT2D eigenvalue weighted by Gasteiger charge is -2.05. The minimum absolute atomic E-state index is 1.10. The van der Waals surface area contributed by atoms with Gasteiger partial charge in [0.15, 0.2) is 0 Å². The van der Waals surface area contributed by atoms with Crippen LogP contribution >= 0.6 is 0 Å². The van der Waals surface area contributed by atoms with Crippen LogP contribution in [0.4, 0.5) is 0 Å². The van der Waals surface area contributed by atoms with Crippen molar-refractivity contribution < 1.29 is 0 Å². The number of para-hydroxylation sites is 1. The second-order valence-corrected chi connectivity index (χ2v) is 3.55. The van der Waals surface area contributed by atoms with Crippen LogP contribution in [0, 0.1) is 20.8 Å². The number of nitrogens with zero attached hydrogens (tertiary/aromatic N) is 1. The van der Waals surface area contributed by atoms with E-state index in [0.29, 0.717) is 0 Å². The van der Waals surface area contributed by atoms with Gasteiger partial charge >= 0.3 is 0 Å². The largest absolute Gasteiger partial charge is 0.253 e. The number of rotatable bonds is 0. The summed E-state index contributed by atoms with van der Waals surface area (Å²) >= 11 is 0. The third-order valence-electron chi connectivity index (χ3n) is 2.38. The van der Waals surface area contributed by atoms with E-state index >= 15 is 0 Å². The molecule has 1 aromatic heterocycles. The van der Waals surface area contributed by atoms with Crippen LogP contribution in [0.2, 0.25) is 0 Å². The van der Waals surface area contributed by atoms with E-state index in [-0.39, 0.29) is 0 Å². The lowest BCUT2D eigenvalue weighted by Crippen LogP contribution is -1.89. The molecular formula is C12H13N. The highest BCUT2D eigenvalue weighted by Gasteiger charge is 2.01. The monoisotopic (exact) mass is 171 g/mol. The zero-order valence-electron chi connectivity index (χ0n) is 8.26. The molecular weight excluding hydrogens is 158 g/mol. The minimum atomic E-state index is 1.10. The molecule has 0 amide bonds. The number of aromatic nitrogens is 1. The Morgan fingerprint density at radius 1 is 1.00 bits per heavy atom. The average molecular weight is 171 g/mol. The first-order chi connectivity index (χ1) is 6.18. The van der Waals surface area contributed by atoms with Gasteiger partial charge in [-0.2, -0.15) is 0 Å². The van der Waals surface area contributed by atoms with Gasteiger partial charge < -0.3 is 0 Å². The molecule has 0 atom stereocenters. The Labute approximate surface area is 78.4 Å². The van der Waals surface area contributed by atoms with Crippen LogP contribution < -0.4 is 0 Å². The first kappa shape index (κ1) is 8.24. The predicted molar refractivity (Wildman–Crippen MR) is 56.0 cm³/mol. The Hall–Kier alpha value is -1.37. The molecule has 0 aliphatic carbocycles. The van der Waals surface area contributed by atoms with Crippen molar-refractivity contribution in [1.82, 2.24) is 4.98 Å². The van der Waals surface area contributed by atoms with E-state index < -0.39 is 0 Å². The van der Waals surface area contributed by atoms with Crippen LogP contribution in [-0.2, 0) is 0 Å². The van der Waals surface area contributed by atoms with Crippen molar-refractivity contribution in [2.75, 3.05) is 0 Å². The number of hydrogen-bond donors (Lipinski definition) is 0. The highest BCUT2D eigenvalue weighted by atomic mass is 14.7. The molecule has 0 N–H and O–H groups in total. The van der Waals surface area contributed by atoms with Gasteiger partial charge in [-0.3, -0.25) is 4.98 Å². The molecule has 13 heavy (non-hydrogen) atoms. The van der Waals surface area contributed by atoms with Gasteiger partial charge in [0.05, 0.1) is 5.52 Å². The van der Waals surface area contributed by atoms with Crippen molar-refractivity contribution in [3.63, 3.8) is 0 Å². The number of hydrogen-bond acceptors (Lipinski definition) is 1. The smallest absolute Gasteiger partial charge is 0.0736 e. The van der Waals surface area contributed by atoms with Crippen LogP contribution in [-0.4, -0.2) is 4.98 Å². The van der Waals surface area contributed by atoms with E-state index in [9.17, 15) is 0 Å². The molecule has 0 spiro atoms. The third kappa shape index (κ3) is 1.31. The van der Waals surface area contributed by atoms with Crippen molar-refractivity contribution in [3.8, 4) is 0 Å². The summed E-state index contributed by atoms with van der Waals surface area (Å²) in [5, 5.41) is 1.27. The summed E-state index contributed by atoms with van der Waals surface area (Å²) in [4.78, 5) is 4.54. The van der Waals surface area contributed by atoms with Crippen LogP contribution in [0.3, 0.4) is 0 Å². The van der Waals surface area contributed by atoms with Gasteiger partial charge in [0, 0.05) is 11.1 Å². The molecule has 0 saturated carbocycles. The molecule has 0 aliphatic heterocycles. The normalized spacial score (nSPS) is 10.7. The quantitative estimate of drug-likeness (QED) is 0.593. The highest BCUT2D eigenvalue weighted by molar-refractivity contribution is 5.84. The van der Waals surface area contributed by atoms with E-state index in [1.54, 1.807) is 0 Å². The second-order valence-electron chi connectivity index (χ2n) is 3.55. The fourth-order valence-corrected chi connectivity index (χ4v) is 1.73. The fraction of sp³-hybridized carbons (Fsp3) is 0.250. The molecule has 0 bridgehead atoms. The molecule has 66 valence electrons. The van der Waals surface area contributed by atoms with Crippen molar-refractivity contribution in [3.05, 3.63) is 41.1 Å². The molecule has 1 aromatic carbocycles. The molecule has 0 aliphatic rings. The fourth-order valence-electron chi connectivity index (χ4n) is 1.73. The maximum Gasteiger partial charge on any atom is 0.0736 e. The van der Waals surface area contributed by atoms with Crippen LogP contribution in [0.25, 0.3) is 10.9 Å². The topological polar surface area (TPSA) is 12.9 Å². The van der Waals surface area contributed by atoms with Gasteiger partial charge in [-0.15, -0.1) is 0 Å². The van der Waals surface area contributed by atoms with Crippen molar-refractivity contribution >= 4 is 10.9 Å². The Bertz CT molecular complexity index is 458. The maximum absolute atomic E-state index is 4.54. The number of pyridine rings is 1. The molecule has 0 fully saturated rings. The molecule has 2 aromatic rings. The lowest BCUT2D eigenvalue weighted by atomic mass is 10.1. The SMILES string of the molecule is Cc1cc(C)c2cccc(C)c2n1. The van der Waals surface area contributed by atoms with Gasteiger partial charge in [-0.1, -0.05) is 18.2 Å². The molecule has 0 unspecified atom stereocenters. The Morgan fingerprint density at radius 2 is 1.77 bits per heavy atom. The summed E-state index contributed by atoms with van der Waals surface area (Å²) in [5.41, 5.74) is 4.80. The van der Waals surface area contributed by atoms with Gasteiger partial charge in [0.1, 0.15) is 0 Å². The number of benzene rings is 1. The summed E-state index contributed by atoms with van der Waals surface area (Å²) in [5.74, 6) is 0. The first-order valence-corrected chi connectivity index (χ1v) is 4.52. The maximum atomic E-state index is 4.54. The van der Waals surface area contributed by atoms with E-state index in [4.69, 9.17) is 0 Å². The molecule has 0 radical (unpaired) electrons. The predicted octanol–water partition coefficient (Wildman–Crippen LogP) is 3.16. The molecule has 1 heterocycles. The number of aryl methyl sites for hydroxylation is 3. The van der Waals surface area contributed by atoms with Crippen molar-refractivity contribution in [1.29, 1.82) is 0 Å². The van der Waals surface area contributed by atoms with E-state index in [1.165, 1.54) is 16.5 Å². The summed E-state index contributed by atoms with van der Waals surface area (Å²) in [6.45, 7) is 6.28. The summed E-state index contributed by atoms with van der Waals surface area (Å²) in [6, 6.07) is 8.45. The highest BCUT2D eigenvalue weighted by Crippen LogP contribution is 2.20. The molecule has 0 saturated heterocycles. The zero-order valence-corrected chi connectivity index (χ0v) is 8.26. The standard InChI is InChI=1S/C12H13N/c1-8-5-4-6-11-9(2)7-10(3)13-12(8)11/h4-7H,1-3H3. The van der Waals surface area contributed by atoms with Gasteiger partial charge in [-0.05, 0) is 38.0 Å². The third-order valence-corrected chi connectivity index (χ3v) is 2.38. The van der Waals surface area contributed by atoms with Gasteiger partial charge in [0.25, 0.3) is 0 Å². The summed E-state index contributed by atoms with van der Waals surface area (Å²) in [6.07, 6.45) is 0.